The number of hydrogen-bond acceptors (Lipinski definition) is 5. The Bertz CT molecular complexity index is 532. The lowest BCUT2D eigenvalue weighted by Crippen LogP contribution is -2.19. The molecule has 0 saturated heterocycles. The Morgan fingerprint density at radius 1 is 1.16 bits per heavy atom. The lowest BCUT2D eigenvalue weighted by atomic mass is 9.98. The van der Waals surface area contributed by atoms with Gasteiger partial charge in [0.2, 0.25) is 0 Å². The van der Waals surface area contributed by atoms with Crippen molar-refractivity contribution in [3.8, 4) is 0 Å². The number of nitrogens with one attached hydrogen (secondary N) is 1. The number of aryl methyl sites for hydroxylation is 2. The van der Waals surface area contributed by atoms with Crippen molar-refractivity contribution in [3.05, 3.63) is 22.8 Å². The van der Waals surface area contributed by atoms with Crippen molar-refractivity contribution in [1.82, 2.24) is 15.3 Å². The highest BCUT2D eigenvalue weighted by Gasteiger charge is 2.23. The van der Waals surface area contributed by atoms with Gasteiger partial charge in [0.15, 0.2) is 9.84 Å². The van der Waals surface area contributed by atoms with Crippen LogP contribution in [0.15, 0.2) is 0 Å². The van der Waals surface area contributed by atoms with Crippen LogP contribution in [0.2, 0.25) is 0 Å². The van der Waals surface area contributed by atoms with E-state index in [0.717, 1.165) is 23.5 Å². The highest BCUT2D eigenvalue weighted by Crippen LogP contribution is 2.24. The van der Waals surface area contributed by atoms with E-state index in [4.69, 9.17) is 0 Å². The number of rotatable bonds is 5. The first-order valence-corrected chi connectivity index (χ1v) is 8.32. The molecule has 1 N–H and O–H groups in total. The Morgan fingerprint density at radius 3 is 2.00 bits per heavy atom. The fourth-order valence-corrected chi connectivity index (χ4v) is 2.73. The summed E-state index contributed by atoms with van der Waals surface area (Å²) < 4.78 is 23.2. The van der Waals surface area contributed by atoms with Crippen LogP contribution in [0.3, 0.4) is 0 Å². The standard InChI is InChI=1S/C13H23N3O2S/c1-8(7-14-5)12-9(2)15-13(16-10(12)3)11(4)19(6,17)18/h8,11,14H,7H2,1-6H3. The fourth-order valence-electron chi connectivity index (χ4n) is 2.25. The van der Waals surface area contributed by atoms with Crippen molar-refractivity contribution in [1.29, 1.82) is 0 Å². The maximum absolute atomic E-state index is 11.6. The summed E-state index contributed by atoms with van der Waals surface area (Å²) in [5.74, 6) is 0.686. The van der Waals surface area contributed by atoms with Crippen molar-refractivity contribution < 1.29 is 8.42 Å². The summed E-state index contributed by atoms with van der Waals surface area (Å²) in [6.45, 7) is 8.39. The second kappa shape index (κ2) is 5.96. The van der Waals surface area contributed by atoms with E-state index in [1.54, 1.807) is 6.92 Å². The molecule has 0 aliphatic rings. The molecule has 1 aromatic rings. The van der Waals surface area contributed by atoms with E-state index in [2.05, 4.69) is 22.2 Å². The highest BCUT2D eigenvalue weighted by atomic mass is 32.2. The predicted molar refractivity (Wildman–Crippen MR) is 77.1 cm³/mol. The minimum Gasteiger partial charge on any atom is -0.319 e. The van der Waals surface area contributed by atoms with Crippen LogP contribution >= 0.6 is 0 Å². The van der Waals surface area contributed by atoms with Gasteiger partial charge in [-0.15, -0.1) is 0 Å². The molecule has 0 bridgehead atoms. The van der Waals surface area contributed by atoms with Crippen LogP contribution in [0.4, 0.5) is 0 Å². The zero-order valence-electron chi connectivity index (χ0n) is 12.5. The van der Waals surface area contributed by atoms with Crippen molar-refractivity contribution in [2.75, 3.05) is 19.8 Å². The quantitative estimate of drug-likeness (QED) is 0.888. The van der Waals surface area contributed by atoms with E-state index < -0.39 is 15.1 Å². The zero-order chi connectivity index (χ0) is 14.8. The molecule has 5 nitrogen and oxygen atoms in total. The minimum atomic E-state index is -3.17. The predicted octanol–water partition coefficient (Wildman–Crippen LogP) is 1.52. The molecular weight excluding hydrogens is 262 g/mol. The van der Waals surface area contributed by atoms with Gasteiger partial charge in [-0.2, -0.15) is 0 Å². The van der Waals surface area contributed by atoms with Gasteiger partial charge in [-0.3, -0.25) is 0 Å². The van der Waals surface area contributed by atoms with Crippen molar-refractivity contribution in [3.63, 3.8) is 0 Å². The number of aromatic nitrogens is 2. The van der Waals surface area contributed by atoms with Crippen LogP contribution < -0.4 is 5.32 Å². The normalized spacial score (nSPS) is 15.3. The van der Waals surface area contributed by atoms with Crippen LogP contribution in [0, 0.1) is 13.8 Å². The molecule has 0 aliphatic carbocycles. The van der Waals surface area contributed by atoms with Gasteiger partial charge in [0.25, 0.3) is 0 Å². The van der Waals surface area contributed by atoms with Crippen molar-refractivity contribution in [2.45, 2.75) is 38.9 Å². The molecule has 2 atom stereocenters. The minimum absolute atomic E-state index is 0.299. The summed E-state index contributed by atoms with van der Waals surface area (Å²) in [5, 5.41) is 2.46. The van der Waals surface area contributed by atoms with E-state index in [-0.39, 0.29) is 0 Å². The molecule has 108 valence electrons. The molecule has 2 unspecified atom stereocenters. The lowest BCUT2D eigenvalue weighted by molar-refractivity contribution is 0.588. The van der Waals surface area contributed by atoms with E-state index in [9.17, 15) is 8.42 Å². The van der Waals surface area contributed by atoms with Crippen molar-refractivity contribution >= 4 is 9.84 Å². The van der Waals surface area contributed by atoms with Crippen LogP contribution in [0.25, 0.3) is 0 Å². The van der Waals surface area contributed by atoms with Gasteiger partial charge in [0, 0.05) is 24.2 Å². The number of nitrogens with zero attached hydrogens (tertiary/aromatic N) is 2. The molecule has 0 aromatic carbocycles. The summed E-state index contributed by atoms with van der Waals surface area (Å²) in [6, 6.07) is 0. The molecule has 19 heavy (non-hydrogen) atoms. The molecule has 1 rings (SSSR count). The average molecular weight is 285 g/mol. The molecule has 0 fully saturated rings. The summed E-state index contributed by atoms with van der Waals surface area (Å²) in [6.07, 6.45) is 1.21. The van der Waals surface area contributed by atoms with Gasteiger partial charge in [-0.1, -0.05) is 6.92 Å². The van der Waals surface area contributed by atoms with E-state index >= 15 is 0 Å². The van der Waals surface area contributed by atoms with Crippen LogP contribution in [0.1, 0.15) is 47.8 Å². The Balaban J connectivity index is 3.24. The molecule has 6 heteroatoms. The monoisotopic (exact) mass is 285 g/mol. The molecule has 0 amide bonds. The average Bonchev–Trinajstić information content (AvgIpc) is 2.26. The van der Waals surface area contributed by atoms with Gasteiger partial charge in [0.1, 0.15) is 11.1 Å². The Hall–Kier alpha value is -1.01. The summed E-state index contributed by atoms with van der Waals surface area (Å²) in [4.78, 5) is 8.77. The Kier molecular flexibility index (Phi) is 5.04. The van der Waals surface area contributed by atoms with Gasteiger partial charge < -0.3 is 5.32 Å². The molecule has 0 aliphatic heterocycles. The fraction of sp³-hybridized carbons (Fsp3) is 0.692. The van der Waals surface area contributed by atoms with Gasteiger partial charge in [-0.25, -0.2) is 18.4 Å². The molecular formula is C13H23N3O2S. The maximum Gasteiger partial charge on any atom is 0.157 e. The van der Waals surface area contributed by atoms with Crippen LogP contribution in [-0.4, -0.2) is 38.2 Å². The Morgan fingerprint density at radius 2 is 1.63 bits per heavy atom. The van der Waals surface area contributed by atoms with Crippen LogP contribution in [0.5, 0.6) is 0 Å². The summed E-state index contributed by atoms with van der Waals surface area (Å²) >= 11 is 0. The van der Waals surface area contributed by atoms with Crippen LogP contribution in [-0.2, 0) is 9.84 Å². The number of sulfone groups is 1. The van der Waals surface area contributed by atoms with E-state index in [0.29, 0.717) is 11.7 Å². The molecule has 1 aromatic heterocycles. The van der Waals surface area contributed by atoms with Gasteiger partial charge >= 0.3 is 0 Å². The summed E-state index contributed by atoms with van der Waals surface area (Å²) in [7, 11) is -1.27. The second-order valence-electron chi connectivity index (χ2n) is 5.10. The molecule has 1 heterocycles. The topological polar surface area (TPSA) is 72.0 Å². The third kappa shape index (κ3) is 3.73. The van der Waals surface area contributed by atoms with E-state index in [1.165, 1.54) is 6.26 Å². The van der Waals surface area contributed by atoms with Gasteiger partial charge in [0.05, 0.1) is 0 Å². The summed E-state index contributed by atoms with van der Waals surface area (Å²) in [5.41, 5.74) is 2.82. The van der Waals surface area contributed by atoms with E-state index in [1.807, 2.05) is 20.9 Å². The van der Waals surface area contributed by atoms with Crippen molar-refractivity contribution in [2.24, 2.45) is 0 Å². The smallest absolute Gasteiger partial charge is 0.157 e. The zero-order valence-corrected chi connectivity index (χ0v) is 13.3. The molecule has 0 spiro atoms. The third-order valence-electron chi connectivity index (χ3n) is 3.35. The Labute approximate surface area is 115 Å². The van der Waals surface area contributed by atoms with Gasteiger partial charge in [-0.05, 0) is 39.3 Å². The highest BCUT2D eigenvalue weighted by molar-refractivity contribution is 7.90. The molecule has 0 radical (unpaired) electrons. The first-order chi connectivity index (χ1) is 8.68. The second-order valence-corrected chi connectivity index (χ2v) is 7.46. The largest absolute Gasteiger partial charge is 0.319 e. The number of hydrogen-bond donors (Lipinski definition) is 1. The first-order valence-electron chi connectivity index (χ1n) is 6.37. The third-order valence-corrected chi connectivity index (χ3v) is 4.85. The number of likely N-dealkylation sites (N-methyl/N-ethyl adjacent to an activating group) is 1. The lowest BCUT2D eigenvalue weighted by Gasteiger charge is -2.18. The maximum atomic E-state index is 11.6. The first kappa shape index (κ1) is 16.0. The molecule has 0 saturated carbocycles. The SMILES string of the molecule is CNCC(C)c1c(C)nc(C(C)S(C)(=O)=O)nc1C.